The van der Waals surface area contributed by atoms with Gasteiger partial charge in [0, 0.05) is 11.4 Å². The van der Waals surface area contributed by atoms with E-state index in [0.717, 1.165) is 23.1 Å². The smallest absolute Gasteiger partial charge is 0.322 e. The number of aryl methyl sites for hydroxylation is 1. The number of benzene rings is 2. The van der Waals surface area contributed by atoms with Crippen LogP contribution in [0.5, 0.6) is 0 Å². The minimum Gasteiger partial charge on any atom is -0.480 e. The van der Waals surface area contributed by atoms with E-state index in [-0.39, 0.29) is 12.5 Å². The quantitative estimate of drug-likeness (QED) is 0.815. The van der Waals surface area contributed by atoms with Gasteiger partial charge in [-0.15, -0.1) is 0 Å². The molecule has 0 radical (unpaired) electrons. The first-order valence-electron chi connectivity index (χ1n) is 7.38. The van der Waals surface area contributed by atoms with Gasteiger partial charge in [0.25, 0.3) is 0 Å². The fraction of sp³-hybridized carbons (Fsp3) is 0.222. The molecule has 2 aromatic rings. The lowest BCUT2D eigenvalue weighted by molar-refractivity contribution is -0.137. The molecule has 120 valence electrons. The predicted octanol–water partition coefficient (Wildman–Crippen LogP) is 3.53. The number of carbonyl (C=O) groups excluding carboxylic acids is 1. The van der Waals surface area contributed by atoms with Crippen LogP contribution in [-0.2, 0) is 16.0 Å². The van der Waals surface area contributed by atoms with E-state index in [4.69, 9.17) is 16.7 Å². The molecule has 0 aliphatic rings. The SMILES string of the molecule is O=C(O)CNC(=O)CCCc1ccc(-c2ccc(Cl)cc2)cc1. The molecule has 0 spiro atoms. The highest BCUT2D eigenvalue weighted by molar-refractivity contribution is 6.30. The maximum Gasteiger partial charge on any atom is 0.322 e. The fourth-order valence-corrected chi connectivity index (χ4v) is 2.35. The van der Waals surface area contributed by atoms with Crippen molar-refractivity contribution in [1.82, 2.24) is 5.32 Å². The minimum atomic E-state index is -1.03. The Kier molecular flexibility index (Phi) is 6.18. The van der Waals surface area contributed by atoms with Crippen molar-refractivity contribution < 1.29 is 14.7 Å². The van der Waals surface area contributed by atoms with E-state index >= 15 is 0 Å². The third kappa shape index (κ3) is 5.75. The Morgan fingerprint density at radius 3 is 2.09 bits per heavy atom. The van der Waals surface area contributed by atoms with Crippen LogP contribution in [0.4, 0.5) is 0 Å². The van der Waals surface area contributed by atoms with Gasteiger partial charge in [-0.3, -0.25) is 9.59 Å². The monoisotopic (exact) mass is 331 g/mol. The number of aliphatic carboxylic acids is 1. The van der Waals surface area contributed by atoms with Crippen molar-refractivity contribution in [3.05, 3.63) is 59.1 Å². The van der Waals surface area contributed by atoms with Crippen molar-refractivity contribution in [2.75, 3.05) is 6.54 Å². The average molecular weight is 332 g/mol. The highest BCUT2D eigenvalue weighted by atomic mass is 35.5. The molecular formula is C18H18ClNO3. The molecule has 0 saturated carbocycles. The molecule has 2 aromatic carbocycles. The molecule has 0 heterocycles. The molecule has 0 bridgehead atoms. The zero-order valence-corrected chi connectivity index (χ0v) is 13.3. The van der Waals surface area contributed by atoms with Gasteiger partial charge in [0.15, 0.2) is 0 Å². The molecule has 0 atom stereocenters. The molecule has 1 amide bonds. The van der Waals surface area contributed by atoms with Crippen molar-refractivity contribution in [2.45, 2.75) is 19.3 Å². The van der Waals surface area contributed by atoms with E-state index < -0.39 is 5.97 Å². The topological polar surface area (TPSA) is 66.4 Å². The van der Waals surface area contributed by atoms with E-state index in [2.05, 4.69) is 5.32 Å². The first-order valence-corrected chi connectivity index (χ1v) is 7.76. The molecule has 0 aromatic heterocycles. The summed E-state index contributed by atoms with van der Waals surface area (Å²) in [5.41, 5.74) is 3.37. The van der Waals surface area contributed by atoms with Crippen LogP contribution in [0.3, 0.4) is 0 Å². The zero-order valence-electron chi connectivity index (χ0n) is 12.6. The van der Waals surface area contributed by atoms with Gasteiger partial charge in [0.1, 0.15) is 6.54 Å². The Bertz CT molecular complexity index is 666. The van der Waals surface area contributed by atoms with Gasteiger partial charge < -0.3 is 10.4 Å². The largest absolute Gasteiger partial charge is 0.480 e. The number of carboxylic acids is 1. The van der Waals surface area contributed by atoms with E-state index in [0.29, 0.717) is 17.9 Å². The van der Waals surface area contributed by atoms with Crippen molar-refractivity contribution in [2.24, 2.45) is 0 Å². The van der Waals surface area contributed by atoms with Gasteiger partial charge in [-0.2, -0.15) is 0 Å². The number of nitrogens with one attached hydrogen (secondary N) is 1. The summed E-state index contributed by atoms with van der Waals surface area (Å²) in [6, 6.07) is 15.8. The molecule has 0 aliphatic heterocycles. The second kappa shape index (κ2) is 8.34. The molecule has 2 rings (SSSR count). The van der Waals surface area contributed by atoms with Crippen LogP contribution in [0.1, 0.15) is 18.4 Å². The van der Waals surface area contributed by atoms with Gasteiger partial charge in [0.05, 0.1) is 0 Å². The first kappa shape index (κ1) is 17.0. The number of halogens is 1. The summed E-state index contributed by atoms with van der Waals surface area (Å²) in [5, 5.41) is 11.5. The summed E-state index contributed by atoms with van der Waals surface area (Å²) in [6.07, 6.45) is 1.79. The molecule has 4 nitrogen and oxygen atoms in total. The Morgan fingerprint density at radius 2 is 1.52 bits per heavy atom. The molecule has 5 heteroatoms. The lowest BCUT2D eigenvalue weighted by Gasteiger charge is -2.05. The maximum absolute atomic E-state index is 11.4. The van der Waals surface area contributed by atoms with Crippen molar-refractivity contribution in [3.8, 4) is 11.1 Å². The first-order chi connectivity index (χ1) is 11.0. The lowest BCUT2D eigenvalue weighted by atomic mass is 10.0. The second-order valence-corrected chi connectivity index (χ2v) is 5.66. The highest BCUT2D eigenvalue weighted by Gasteiger charge is 2.04. The third-order valence-corrected chi connectivity index (χ3v) is 3.69. The Labute approximate surface area is 140 Å². The second-order valence-electron chi connectivity index (χ2n) is 5.23. The van der Waals surface area contributed by atoms with Crippen LogP contribution >= 0.6 is 11.6 Å². The molecule has 0 unspecified atom stereocenters. The van der Waals surface area contributed by atoms with E-state index in [1.54, 1.807) is 0 Å². The van der Waals surface area contributed by atoms with Crippen molar-refractivity contribution >= 4 is 23.5 Å². The van der Waals surface area contributed by atoms with Gasteiger partial charge in [-0.05, 0) is 41.7 Å². The van der Waals surface area contributed by atoms with Crippen LogP contribution in [-0.4, -0.2) is 23.5 Å². The van der Waals surface area contributed by atoms with E-state index in [9.17, 15) is 9.59 Å². The lowest BCUT2D eigenvalue weighted by Crippen LogP contribution is -2.28. The molecule has 23 heavy (non-hydrogen) atoms. The van der Waals surface area contributed by atoms with E-state index in [1.165, 1.54) is 0 Å². The summed E-state index contributed by atoms with van der Waals surface area (Å²) in [4.78, 5) is 21.8. The summed E-state index contributed by atoms with van der Waals surface area (Å²) < 4.78 is 0. The Morgan fingerprint density at radius 1 is 0.957 bits per heavy atom. The van der Waals surface area contributed by atoms with Gasteiger partial charge in [-0.1, -0.05) is 48.0 Å². The average Bonchev–Trinajstić information content (AvgIpc) is 2.54. The summed E-state index contributed by atoms with van der Waals surface area (Å²) >= 11 is 5.88. The van der Waals surface area contributed by atoms with Crippen molar-refractivity contribution in [3.63, 3.8) is 0 Å². The number of rotatable bonds is 7. The molecular weight excluding hydrogens is 314 g/mol. The standard InChI is InChI=1S/C18H18ClNO3/c19-16-10-8-15(9-11-16)14-6-4-13(5-7-14)2-1-3-17(21)20-12-18(22)23/h4-11H,1-3,12H2,(H,20,21)(H,22,23). The highest BCUT2D eigenvalue weighted by Crippen LogP contribution is 2.22. The normalized spacial score (nSPS) is 10.3. The summed E-state index contributed by atoms with van der Waals surface area (Å²) in [7, 11) is 0. The van der Waals surface area contributed by atoms with Crippen LogP contribution in [0.15, 0.2) is 48.5 Å². The van der Waals surface area contributed by atoms with Crippen LogP contribution in [0, 0.1) is 0 Å². The maximum atomic E-state index is 11.4. The summed E-state index contributed by atoms with van der Waals surface area (Å²) in [5.74, 6) is -1.26. The van der Waals surface area contributed by atoms with Gasteiger partial charge in [-0.25, -0.2) is 0 Å². The Balaban J connectivity index is 1.82. The molecule has 0 saturated heterocycles. The van der Waals surface area contributed by atoms with Gasteiger partial charge in [0.2, 0.25) is 5.91 Å². The minimum absolute atomic E-state index is 0.231. The van der Waals surface area contributed by atoms with Gasteiger partial charge >= 0.3 is 5.97 Å². The number of amides is 1. The number of carboxylic acid groups (broad SMARTS) is 1. The fourth-order valence-electron chi connectivity index (χ4n) is 2.22. The molecule has 0 aliphatic carbocycles. The number of hydrogen-bond acceptors (Lipinski definition) is 2. The molecule has 2 N–H and O–H groups in total. The number of hydrogen-bond donors (Lipinski definition) is 2. The molecule has 0 fully saturated rings. The van der Waals surface area contributed by atoms with Crippen LogP contribution in [0.25, 0.3) is 11.1 Å². The summed E-state index contributed by atoms with van der Waals surface area (Å²) in [6.45, 7) is -0.325. The number of carbonyl (C=O) groups is 2. The van der Waals surface area contributed by atoms with Crippen LogP contribution in [0.2, 0.25) is 5.02 Å². The van der Waals surface area contributed by atoms with Crippen molar-refractivity contribution in [1.29, 1.82) is 0 Å². The zero-order chi connectivity index (χ0) is 16.7. The predicted molar refractivity (Wildman–Crippen MR) is 90.5 cm³/mol. The van der Waals surface area contributed by atoms with E-state index in [1.807, 2.05) is 48.5 Å². The van der Waals surface area contributed by atoms with Crippen LogP contribution < -0.4 is 5.32 Å². The Hall–Kier alpha value is -2.33. The third-order valence-electron chi connectivity index (χ3n) is 3.44.